The lowest BCUT2D eigenvalue weighted by Crippen LogP contribution is -2.32. The van der Waals surface area contributed by atoms with Gasteiger partial charge in [-0.2, -0.15) is 0 Å². The standard InChI is InChI=1S/C13H12N4O3/c18-12(8-16-7-10(13(19)20)14-15-16)17-6-5-9-3-1-2-4-11(9)17/h1-4,7H,5-6,8H2,(H,19,20). The van der Waals surface area contributed by atoms with E-state index in [1.54, 1.807) is 4.90 Å². The van der Waals surface area contributed by atoms with E-state index in [1.165, 1.54) is 10.9 Å². The summed E-state index contributed by atoms with van der Waals surface area (Å²) in [6.45, 7) is 0.618. The van der Waals surface area contributed by atoms with Crippen LogP contribution in [0.4, 0.5) is 5.69 Å². The molecule has 0 aliphatic carbocycles. The predicted molar refractivity (Wildman–Crippen MR) is 69.5 cm³/mol. The van der Waals surface area contributed by atoms with Crippen molar-refractivity contribution < 1.29 is 14.7 Å². The molecule has 20 heavy (non-hydrogen) atoms. The second-order valence-electron chi connectivity index (χ2n) is 4.53. The Morgan fingerprint density at radius 3 is 2.85 bits per heavy atom. The molecule has 1 aromatic heterocycles. The van der Waals surface area contributed by atoms with E-state index >= 15 is 0 Å². The van der Waals surface area contributed by atoms with Gasteiger partial charge in [0.05, 0.1) is 6.20 Å². The first-order chi connectivity index (χ1) is 9.65. The van der Waals surface area contributed by atoms with E-state index in [2.05, 4.69) is 10.3 Å². The Morgan fingerprint density at radius 2 is 2.10 bits per heavy atom. The smallest absolute Gasteiger partial charge is 0.358 e. The van der Waals surface area contributed by atoms with Gasteiger partial charge in [-0.05, 0) is 18.1 Å². The van der Waals surface area contributed by atoms with Gasteiger partial charge in [-0.15, -0.1) is 5.10 Å². The zero-order valence-electron chi connectivity index (χ0n) is 10.6. The van der Waals surface area contributed by atoms with E-state index in [0.717, 1.165) is 17.7 Å². The summed E-state index contributed by atoms with van der Waals surface area (Å²) in [5.41, 5.74) is 1.89. The van der Waals surface area contributed by atoms with Crippen molar-refractivity contribution in [2.24, 2.45) is 0 Å². The lowest BCUT2D eigenvalue weighted by Gasteiger charge is -2.16. The zero-order chi connectivity index (χ0) is 14.1. The summed E-state index contributed by atoms with van der Waals surface area (Å²) in [5, 5.41) is 15.9. The van der Waals surface area contributed by atoms with Crippen molar-refractivity contribution in [3.05, 3.63) is 41.7 Å². The van der Waals surface area contributed by atoms with Gasteiger partial charge in [0.15, 0.2) is 5.69 Å². The molecule has 0 atom stereocenters. The summed E-state index contributed by atoms with van der Waals surface area (Å²) < 4.78 is 1.24. The predicted octanol–water partition coefficient (Wildman–Crippen LogP) is 0.566. The highest BCUT2D eigenvalue weighted by Gasteiger charge is 2.24. The van der Waals surface area contributed by atoms with Crippen LogP contribution >= 0.6 is 0 Å². The first-order valence-electron chi connectivity index (χ1n) is 6.17. The molecule has 0 saturated carbocycles. The zero-order valence-corrected chi connectivity index (χ0v) is 10.6. The Hall–Kier alpha value is -2.70. The fourth-order valence-corrected chi connectivity index (χ4v) is 2.29. The molecule has 1 aromatic carbocycles. The van der Waals surface area contributed by atoms with Gasteiger partial charge in [0.2, 0.25) is 5.91 Å². The van der Waals surface area contributed by atoms with Crippen LogP contribution < -0.4 is 4.90 Å². The van der Waals surface area contributed by atoms with Gasteiger partial charge in [0.1, 0.15) is 6.54 Å². The Kier molecular flexibility index (Phi) is 2.94. The number of hydrogen-bond acceptors (Lipinski definition) is 4. The molecular formula is C13H12N4O3. The third-order valence-corrected chi connectivity index (χ3v) is 3.24. The van der Waals surface area contributed by atoms with Gasteiger partial charge >= 0.3 is 5.97 Å². The Balaban J connectivity index is 1.75. The molecule has 0 spiro atoms. The summed E-state index contributed by atoms with van der Waals surface area (Å²) in [4.78, 5) is 24.6. The Bertz CT molecular complexity index is 680. The van der Waals surface area contributed by atoms with Crippen LogP contribution in [0.1, 0.15) is 16.1 Å². The number of anilines is 1. The number of para-hydroxylation sites is 1. The van der Waals surface area contributed by atoms with E-state index in [0.29, 0.717) is 6.54 Å². The van der Waals surface area contributed by atoms with E-state index in [1.807, 2.05) is 24.3 Å². The maximum atomic E-state index is 12.2. The highest BCUT2D eigenvalue weighted by molar-refractivity contribution is 5.95. The molecule has 0 fully saturated rings. The third kappa shape index (κ3) is 2.13. The highest BCUT2D eigenvalue weighted by Crippen LogP contribution is 2.27. The van der Waals surface area contributed by atoms with E-state index in [9.17, 15) is 9.59 Å². The molecule has 0 unspecified atom stereocenters. The molecule has 1 aliphatic rings. The molecular weight excluding hydrogens is 260 g/mol. The Labute approximate surface area is 114 Å². The number of aromatic carboxylic acids is 1. The first-order valence-corrected chi connectivity index (χ1v) is 6.17. The number of benzene rings is 1. The molecule has 0 bridgehead atoms. The van der Waals surface area contributed by atoms with Crippen LogP contribution in [0.2, 0.25) is 0 Å². The van der Waals surface area contributed by atoms with Gasteiger partial charge in [-0.25, -0.2) is 9.48 Å². The molecule has 3 rings (SSSR count). The van der Waals surface area contributed by atoms with Crippen molar-refractivity contribution in [1.29, 1.82) is 0 Å². The molecule has 102 valence electrons. The number of carboxylic acids is 1. The van der Waals surface area contributed by atoms with Crippen molar-refractivity contribution in [3.8, 4) is 0 Å². The fraction of sp³-hybridized carbons (Fsp3) is 0.231. The third-order valence-electron chi connectivity index (χ3n) is 3.24. The second-order valence-corrected chi connectivity index (χ2v) is 4.53. The summed E-state index contributed by atoms with van der Waals surface area (Å²) in [6, 6.07) is 7.75. The van der Waals surface area contributed by atoms with Crippen LogP contribution in [0, 0.1) is 0 Å². The van der Waals surface area contributed by atoms with Crippen LogP contribution in [0.15, 0.2) is 30.5 Å². The molecule has 2 heterocycles. The molecule has 0 radical (unpaired) electrons. The summed E-state index contributed by atoms with van der Waals surface area (Å²) in [6.07, 6.45) is 2.09. The molecule has 7 heteroatoms. The van der Waals surface area contributed by atoms with Crippen molar-refractivity contribution >= 4 is 17.6 Å². The van der Waals surface area contributed by atoms with Crippen LogP contribution in [0.25, 0.3) is 0 Å². The van der Waals surface area contributed by atoms with Crippen molar-refractivity contribution in [1.82, 2.24) is 15.0 Å². The average molecular weight is 272 g/mol. The maximum absolute atomic E-state index is 12.2. The lowest BCUT2D eigenvalue weighted by molar-refractivity contribution is -0.119. The monoisotopic (exact) mass is 272 g/mol. The number of aromatic nitrogens is 3. The number of carbonyl (C=O) groups is 2. The van der Waals surface area contributed by atoms with Gasteiger partial charge in [-0.1, -0.05) is 23.4 Å². The van der Waals surface area contributed by atoms with E-state index in [4.69, 9.17) is 5.11 Å². The lowest BCUT2D eigenvalue weighted by atomic mass is 10.2. The van der Waals surface area contributed by atoms with Crippen LogP contribution in [0.5, 0.6) is 0 Å². The minimum atomic E-state index is -1.16. The molecule has 1 amide bonds. The average Bonchev–Trinajstić information content (AvgIpc) is 3.04. The molecule has 7 nitrogen and oxygen atoms in total. The SMILES string of the molecule is O=C(O)c1cn(CC(=O)N2CCc3ccccc32)nn1. The first kappa shape index (κ1) is 12.3. The number of rotatable bonds is 3. The summed E-state index contributed by atoms with van der Waals surface area (Å²) in [5.74, 6) is -1.29. The minimum absolute atomic E-state index is 0.0192. The number of hydrogen-bond donors (Lipinski definition) is 1. The van der Waals surface area contributed by atoms with E-state index < -0.39 is 5.97 Å². The highest BCUT2D eigenvalue weighted by atomic mass is 16.4. The van der Waals surface area contributed by atoms with E-state index in [-0.39, 0.29) is 18.1 Å². The number of fused-ring (bicyclic) bond motifs is 1. The quantitative estimate of drug-likeness (QED) is 0.882. The second kappa shape index (κ2) is 4.76. The van der Waals surface area contributed by atoms with Crippen LogP contribution in [-0.4, -0.2) is 38.5 Å². The van der Waals surface area contributed by atoms with Gasteiger partial charge in [0.25, 0.3) is 0 Å². The largest absolute Gasteiger partial charge is 0.476 e. The molecule has 1 aliphatic heterocycles. The maximum Gasteiger partial charge on any atom is 0.358 e. The number of nitrogens with zero attached hydrogens (tertiary/aromatic N) is 4. The van der Waals surface area contributed by atoms with Gasteiger partial charge in [-0.3, -0.25) is 4.79 Å². The summed E-state index contributed by atoms with van der Waals surface area (Å²) >= 11 is 0. The molecule has 2 aromatic rings. The normalized spacial score (nSPS) is 13.3. The topological polar surface area (TPSA) is 88.3 Å². The fourth-order valence-electron chi connectivity index (χ4n) is 2.29. The van der Waals surface area contributed by atoms with Crippen LogP contribution in [-0.2, 0) is 17.8 Å². The molecule has 1 N–H and O–H groups in total. The molecule has 0 saturated heterocycles. The van der Waals surface area contributed by atoms with Gasteiger partial charge < -0.3 is 10.0 Å². The Morgan fingerprint density at radius 1 is 1.30 bits per heavy atom. The number of carbonyl (C=O) groups excluding carboxylic acids is 1. The van der Waals surface area contributed by atoms with Gasteiger partial charge in [0, 0.05) is 12.2 Å². The minimum Gasteiger partial charge on any atom is -0.476 e. The summed E-state index contributed by atoms with van der Waals surface area (Å²) in [7, 11) is 0. The van der Waals surface area contributed by atoms with Crippen molar-refractivity contribution in [2.45, 2.75) is 13.0 Å². The number of amides is 1. The number of carboxylic acid groups (broad SMARTS) is 1. The van der Waals surface area contributed by atoms with Crippen molar-refractivity contribution in [3.63, 3.8) is 0 Å². The van der Waals surface area contributed by atoms with Crippen molar-refractivity contribution in [2.75, 3.05) is 11.4 Å². The van der Waals surface area contributed by atoms with Crippen LogP contribution in [0.3, 0.4) is 0 Å².